The van der Waals surface area contributed by atoms with E-state index in [2.05, 4.69) is 21.7 Å². The van der Waals surface area contributed by atoms with E-state index in [1.807, 2.05) is 45.2 Å². The maximum atomic E-state index is 12.1. The number of halogens is 2. The lowest BCUT2D eigenvalue weighted by Gasteiger charge is -2.14. The number of carbonyl (C=O) groups is 1. The number of aryl methyl sites for hydroxylation is 1. The zero-order valence-corrected chi connectivity index (χ0v) is 15.1. The lowest BCUT2D eigenvalue weighted by Crippen LogP contribution is -2.28. The van der Waals surface area contributed by atoms with Crippen molar-refractivity contribution in [1.29, 1.82) is 0 Å². The zero-order chi connectivity index (χ0) is 15.2. The van der Waals surface area contributed by atoms with E-state index < -0.39 is 0 Å². The van der Waals surface area contributed by atoms with Crippen LogP contribution in [0.5, 0.6) is 0 Å². The minimum Gasteiger partial charge on any atom is -0.326 e. The van der Waals surface area contributed by atoms with Crippen molar-refractivity contribution in [1.82, 2.24) is 10.3 Å². The smallest absolute Gasteiger partial charge is 0.228 e. The fraction of sp³-hybridized carbons (Fsp3) is 0.294. The van der Waals surface area contributed by atoms with E-state index in [-0.39, 0.29) is 36.6 Å². The molecule has 1 unspecified atom stereocenters. The van der Waals surface area contributed by atoms with Crippen LogP contribution in [-0.4, -0.2) is 24.5 Å². The van der Waals surface area contributed by atoms with Gasteiger partial charge in [-0.3, -0.25) is 9.78 Å². The Labute approximate surface area is 149 Å². The molecule has 0 fully saturated rings. The maximum Gasteiger partial charge on any atom is 0.228 e. The summed E-state index contributed by atoms with van der Waals surface area (Å²) in [5.41, 5.74) is 4.07. The predicted molar refractivity (Wildman–Crippen MR) is 101 cm³/mol. The third-order valence-electron chi connectivity index (χ3n) is 3.47. The van der Waals surface area contributed by atoms with Crippen LogP contribution in [0.4, 0.5) is 5.69 Å². The topological polar surface area (TPSA) is 54.0 Å². The highest BCUT2D eigenvalue weighted by Gasteiger charge is 2.13. The summed E-state index contributed by atoms with van der Waals surface area (Å²) in [5, 5.41) is 6.03. The first-order valence-electron chi connectivity index (χ1n) is 7.08. The SMILES string of the molecule is CNCC(C)C(=O)Nc1cc(-c2ccncc2)ccc1C.Cl.Cl. The molecule has 0 saturated heterocycles. The number of aromatic nitrogens is 1. The normalized spacial score (nSPS) is 10.9. The monoisotopic (exact) mass is 355 g/mol. The number of anilines is 1. The van der Waals surface area contributed by atoms with E-state index in [0.717, 1.165) is 22.4 Å². The standard InChI is InChI=1S/C17H21N3O.2ClH/c1-12-4-5-15(14-6-8-19-9-7-14)10-16(12)20-17(21)13(2)11-18-3;;/h4-10,13,18H,11H2,1-3H3,(H,20,21);2*1H. The largest absolute Gasteiger partial charge is 0.326 e. The molecule has 2 aromatic rings. The Bertz CT molecular complexity index is 620. The van der Waals surface area contributed by atoms with Gasteiger partial charge in [0.1, 0.15) is 0 Å². The van der Waals surface area contributed by atoms with Crippen molar-refractivity contribution >= 4 is 36.4 Å². The Morgan fingerprint density at radius 3 is 2.39 bits per heavy atom. The van der Waals surface area contributed by atoms with Crippen molar-refractivity contribution in [2.24, 2.45) is 5.92 Å². The molecule has 2 rings (SSSR count). The van der Waals surface area contributed by atoms with Gasteiger partial charge in [0.25, 0.3) is 0 Å². The molecule has 6 heteroatoms. The third kappa shape index (κ3) is 5.82. The molecule has 0 aliphatic carbocycles. The summed E-state index contributed by atoms with van der Waals surface area (Å²) in [5.74, 6) is -0.0432. The van der Waals surface area contributed by atoms with Crippen molar-refractivity contribution in [2.75, 3.05) is 18.9 Å². The average Bonchev–Trinajstić information content (AvgIpc) is 2.50. The number of rotatable bonds is 5. The molecule has 4 nitrogen and oxygen atoms in total. The van der Waals surface area contributed by atoms with E-state index in [9.17, 15) is 4.79 Å². The average molecular weight is 356 g/mol. The number of amides is 1. The van der Waals surface area contributed by atoms with Gasteiger partial charge in [-0.2, -0.15) is 0 Å². The van der Waals surface area contributed by atoms with Crippen LogP contribution in [0.1, 0.15) is 12.5 Å². The molecule has 1 aromatic carbocycles. The van der Waals surface area contributed by atoms with Gasteiger partial charge in [0.2, 0.25) is 5.91 Å². The molecule has 0 aliphatic heterocycles. The minimum atomic E-state index is -0.0704. The van der Waals surface area contributed by atoms with Crippen molar-refractivity contribution in [3.63, 3.8) is 0 Å². The number of carbonyl (C=O) groups excluding carboxylic acids is 1. The molecule has 23 heavy (non-hydrogen) atoms. The summed E-state index contributed by atoms with van der Waals surface area (Å²) in [6.45, 7) is 4.57. The maximum absolute atomic E-state index is 12.1. The van der Waals surface area contributed by atoms with Crippen LogP contribution in [0.3, 0.4) is 0 Å². The van der Waals surface area contributed by atoms with Crippen molar-refractivity contribution in [2.45, 2.75) is 13.8 Å². The van der Waals surface area contributed by atoms with E-state index in [4.69, 9.17) is 0 Å². The van der Waals surface area contributed by atoms with E-state index >= 15 is 0 Å². The van der Waals surface area contributed by atoms with Crippen LogP contribution in [0.25, 0.3) is 11.1 Å². The van der Waals surface area contributed by atoms with Gasteiger partial charge in [0.15, 0.2) is 0 Å². The fourth-order valence-corrected chi connectivity index (χ4v) is 2.14. The fourth-order valence-electron chi connectivity index (χ4n) is 2.14. The molecule has 126 valence electrons. The molecule has 0 radical (unpaired) electrons. The predicted octanol–water partition coefficient (Wildman–Crippen LogP) is 3.69. The van der Waals surface area contributed by atoms with Crippen LogP contribution < -0.4 is 10.6 Å². The van der Waals surface area contributed by atoms with Gasteiger partial charge in [-0.25, -0.2) is 0 Å². The van der Waals surface area contributed by atoms with Crippen LogP contribution >= 0.6 is 24.8 Å². The summed E-state index contributed by atoms with van der Waals surface area (Å²) in [7, 11) is 1.85. The number of pyridine rings is 1. The first kappa shape index (κ1) is 21.4. The lowest BCUT2D eigenvalue weighted by molar-refractivity contribution is -0.119. The van der Waals surface area contributed by atoms with E-state index in [1.54, 1.807) is 12.4 Å². The summed E-state index contributed by atoms with van der Waals surface area (Å²) in [6.07, 6.45) is 3.53. The molecule has 0 saturated carbocycles. The molecular weight excluding hydrogens is 333 g/mol. The summed E-state index contributed by atoms with van der Waals surface area (Å²) >= 11 is 0. The molecule has 2 N–H and O–H groups in total. The van der Waals surface area contributed by atoms with Crippen molar-refractivity contribution in [3.8, 4) is 11.1 Å². The Morgan fingerprint density at radius 2 is 1.78 bits per heavy atom. The summed E-state index contributed by atoms with van der Waals surface area (Å²) in [4.78, 5) is 16.2. The van der Waals surface area contributed by atoms with Crippen LogP contribution in [0.2, 0.25) is 0 Å². The molecule has 1 heterocycles. The highest BCUT2D eigenvalue weighted by molar-refractivity contribution is 5.94. The van der Waals surface area contributed by atoms with Gasteiger partial charge in [0, 0.05) is 30.5 Å². The van der Waals surface area contributed by atoms with Crippen LogP contribution in [0.15, 0.2) is 42.7 Å². The molecule has 1 atom stereocenters. The Morgan fingerprint density at radius 1 is 1.13 bits per heavy atom. The second-order valence-electron chi connectivity index (χ2n) is 5.21. The highest BCUT2D eigenvalue weighted by Crippen LogP contribution is 2.25. The van der Waals surface area contributed by atoms with E-state index in [1.165, 1.54) is 0 Å². The zero-order valence-electron chi connectivity index (χ0n) is 13.5. The first-order valence-corrected chi connectivity index (χ1v) is 7.08. The number of hydrogen-bond donors (Lipinski definition) is 2. The number of nitrogens with one attached hydrogen (secondary N) is 2. The van der Waals surface area contributed by atoms with Crippen LogP contribution in [0, 0.1) is 12.8 Å². The van der Waals surface area contributed by atoms with Crippen molar-refractivity contribution in [3.05, 3.63) is 48.3 Å². The second kappa shape index (κ2) is 10.2. The molecule has 0 aliphatic rings. The number of benzene rings is 1. The van der Waals surface area contributed by atoms with Gasteiger partial charge in [-0.1, -0.05) is 19.1 Å². The second-order valence-corrected chi connectivity index (χ2v) is 5.21. The molecule has 0 bridgehead atoms. The molecule has 1 aromatic heterocycles. The Kier molecular flexibility index (Phi) is 9.49. The van der Waals surface area contributed by atoms with Gasteiger partial charge in [-0.15, -0.1) is 24.8 Å². The summed E-state index contributed by atoms with van der Waals surface area (Å²) in [6, 6.07) is 10.00. The minimum absolute atomic E-state index is 0. The van der Waals surface area contributed by atoms with Crippen LogP contribution in [-0.2, 0) is 4.79 Å². The first-order chi connectivity index (χ1) is 10.1. The number of hydrogen-bond acceptors (Lipinski definition) is 3. The highest BCUT2D eigenvalue weighted by atomic mass is 35.5. The van der Waals surface area contributed by atoms with Gasteiger partial charge >= 0.3 is 0 Å². The molecular formula is C17H23Cl2N3O. The van der Waals surface area contributed by atoms with Gasteiger partial charge in [-0.05, 0) is 48.9 Å². The third-order valence-corrected chi connectivity index (χ3v) is 3.47. The number of nitrogens with zero attached hydrogens (tertiary/aromatic N) is 1. The quantitative estimate of drug-likeness (QED) is 0.859. The molecule has 0 spiro atoms. The Hall–Kier alpha value is -1.62. The van der Waals surface area contributed by atoms with Crippen molar-refractivity contribution < 1.29 is 4.79 Å². The van der Waals surface area contributed by atoms with E-state index in [0.29, 0.717) is 6.54 Å². The van der Waals surface area contributed by atoms with Gasteiger partial charge in [0.05, 0.1) is 0 Å². The molecule has 1 amide bonds. The Balaban J connectivity index is 0.00000242. The lowest BCUT2D eigenvalue weighted by atomic mass is 10.0. The van der Waals surface area contributed by atoms with Gasteiger partial charge < -0.3 is 10.6 Å². The summed E-state index contributed by atoms with van der Waals surface area (Å²) < 4.78 is 0.